The largest absolute Gasteiger partial charge is 0.493 e. The lowest BCUT2D eigenvalue weighted by Crippen LogP contribution is -2.50. The normalized spacial score (nSPS) is 16.8. The number of hydrogen-bond acceptors (Lipinski definition) is 4. The molecular formula is C18H30IN3O2S. The van der Waals surface area contributed by atoms with Crippen molar-refractivity contribution in [1.29, 1.82) is 0 Å². The fraction of sp³-hybridized carbons (Fsp3) is 0.611. The van der Waals surface area contributed by atoms with Crippen LogP contribution in [0.25, 0.3) is 0 Å². The highest BCUT2D eigenvalue weighted by Crippen LogP contribution is 2.30. The summed E-state index contributed by atoms with van der Waals surface area (Å²) < 4.78 is 11.2. The molecule has 1 saturated heterocycles. The number of thioether (sulfide) groups is 1. The van der Waals surface area contributed by atoms with E-state index in [2.05, 4.69) is 35.1 Å². The van der Waals surface area contributed by atoms with E-state index >= 15 is 0 Å². The Hall–Kier alpha value is -0.830. The molecule has 0 aliphatic carbocycles. The first-order valence-corrected chi connectivity index (χ1v) is 9.37. The second kappa shape index (κ2) is 10.4. The highest BCUT2D eigenvalue weighted by Gasteiger charge is 2.28. The third-order valence-electron chi connectivity index (χ3n) is 3.92. The monoisotopic (exact) mass is 479 g/mol. The topological polar surface area (TPSA) is 46.1 Å². The molecule has 0 aromatic heterocycles. The first-order chi connectivity index (χ1) is 11.5. The summed E-state index contributed by atoms with van der Waals surface area (Å²) in [4.78, 5) is 6.79. The molecule has 0 saturated carbocycles. The van der Waals surface area contributed by atoms with E-state index in [1.807, 2.05) is 37.9 Å². The number of nitrogens with zero attached hydrogens (tertiary/aromatic N) is 2. The Bertz CT molecular complexity index is 581. The SMILES string of the molecule is CCOc1cc(CNC(=NC)N2CCSC(C)(C)C2)ccc1OC.I. The quantitative estimate of drug-likeness (QED) is 0.397. The molecule has 1 fully saturated rings. The lowest BCUT2D eigenvalue weighted by atomic mass is 10.2. The van der Waals surface area contributed by atoms with Gasteiger partial charge in [-0.05, 0) is 38.5 Å². The van der Waals surface area contributed by atoms with E-state index in [1.54, 1.807) is 7.11 Å². The summed E-state index contributed by atoms with van der Waals surface area (Å²) in [5.74, 6) is 3.63. The Morgan fingerprint density at radius 2 is 2.12 bits per heavy atom. The van der Waals surface area contributed by atoms with Gasteiger partial charge < -0.3 is 19.7 Å². The van der Waals surface area contributed by atoms with Gasteiger partial charge in [-0.15, -0.1) is 24.0 Å². The minimum Gasteiger partial charge on any atom is -0.493 e. The van der Waals surface area contributed by atoms with Gasteiger partial charge in [-0.3, -0.25) is 4.99 Å². The molecule has 0 spiro atoms. The number of guanidine groups is 1. The van der Waals surface area contributed by atoms with Gasteiger partial charge in [-0.25, -0.2) is 0 Å². The minimum absolute atomic E-state index is 0. The van der Waals surface area contributed by atoms with Gasteiger partial charge in [-0.1, -0.05) is 6.07 Å². The maximum atomic E-state index is 5.65. The lowest BCUT2D eigenvalue weighted by molar-refractivity contribution is 0.310. The average molecular weight is 479 g/mol. The van der Waals surface area contributed by atoms with Crippen molar-refractivity contribution in [3.05, 3.63) is 23.8 Å². The molecule has 142 valence electrons. The molecule has 0 atom stereocenters. The van der Waals surface area contributed by atoms with E-state index in [0.717, 1.165) is 41.9 Å². The molecule has 0 unspecified atom stereocenters. The Labute approximate surface area is 173 Å². The van der Waals surface area contributed by atoms with Crippen LogP contribution in [0.2, 0.25) is 0 Å². The highest BCUT2D eigenvalue weighted by molar-refractivity contribution is 14.0. The smallest absolute Gasteiger partial charge is 0.193 e. The van der Waals surface area contributed by atoms with E-state index in [4.69, 9.17) is 9.47 Å². The molecule has 1 heterocycles. The number of benzene rings is 1. The Balaban J connectivity index is 0.00000312. The van der Waals surface area contributed by atoms with Crippen LogP contribution in [-0.4, -0.2) is 55.2 Å². The van der Waals surface area contributed by atoms with Crippen LogP contribution in [0.15, 0.2) is 23.2 Å². The third kappa shape index (κ3) is 6.44. The third-order valence-corrected chi connectivity index (χ3v) is 5.21. The van der Waals surface area contributed by atoms with Gasteiger partial charge >= 0.3 is 0 Å². The van der Waals surface area contributed by atoms with Crippen molar-refractivity contribution in [2.75, 3.05) is 39.6 Å². The molecule has 1 aromatic carbocycles. The Morgan fingerprint density at radius 3 is 2.72 bits per heavy atom. The molecule has 0 amide bonds. The predicted molar refractivity (Wildman–Crippen MR) is 118 cm³/mol. The van der Waals surface area contributed by atoms with Gasteiger partial charge in [0.1, 0.15) is 0 Å². The molecule has 0 radical (unpaired) electrons. The Morgan fingerprint density at radius 1 is 1.36 bits per heavy atom. The number of hydrogen-bond donors (Lipinski definition) is 1. The zero-order chi connectivity index (χ0) is 17.6. The summed E-state index contributed by atoms with van der Waals surface area (Å²) in [7, 11) is 3.50. The van der Waals surface area contributed by atoms with Crippen molar-refractivity contribution in [2.45, 2.75) is 32.1 Å². The van der Waals surface area contributed by atoms with Gasteiger partial charge in [-0.2, -0.15) is 11.8 Å². The maximum Gasteiger partial charge on any atom is 0.193 e. The van der Waals surface area contributed by atoms with E-state index < -0.39 is 0 Å². The minimum atomic E-state index is 0. The number of methoxy groups -OCH3 is 1. The van der Waals surface area contributed by atoms with Crippen LogP contribution in [-0.2, 0) is 6.54 Å². The van der Waals surface area contributed by atoms with E-state index in [0.29, 0.717) is 13.2 Å². The van der Waals surface area contributed by atoms with Gasteiger partial charge in [0.25, 0.3) is 0 Å². The second-order valence-electron chi connectivity index (χ2n) is 6.35. The van der Waals surface area contributed by atoms with Crippen LogP contribution < -0.4 is 14.8 Å². The number of aliphatic imine (C=N–C) groups is 1. The fourth-order valence-electron chi connectivity index (χ4n) is 2.81. The average Bonchev–Trinajstić information content (AvgIpc) is 2.55. The molecule has 25 heavy (non-hydrogen) atoms. The summed E-state index contributed by atoms with van der Waals surface area (Å²) in [6, 6.07) is 6.03. The van der Waals surface area contributed by atoms with Gasteiger partial charge in [0, 0.05) is 37.2 Å². The van der Waals surface area contributed by atoms with Crippen LogP contribution in [0.4, 0.5) is 0 Å². The van der Waals surface area contributed by atoms with Crippen LogP contribution >= 0.6 is 35.7 Å². The van der Waals surface area contributed by atoms with Crippen molar-refractivity contribution in [2.24, 2.45) is 4.99 Å². The van der Waals surface area contributed by atoms with E-state index in [1.165, 1.54) is 0 Å². The Kier molecular flexibility index (Phi) is 9.20. The second-order valence-corrected chi connectivity index (χ2v) is 8.15. The highest BCUT2D eigenvalue weighted by atomic mass is 127. The van der Waals surface area contributed by atoms with Gasteiger partial charge in [0.05, 0.1) is 13.7 Å². The van der Waals surface area contributed by atoms with Crippen LogP contribution in [0.3, 0.4) is 0 Å². The lowest BCUT2D eigenvalue weighted by Gasteiger charge is -2.39. The van der Waals surface area contributed by atoms with Crippen LogP contribution in [0.5, 0.6) is 11.5 Å². The van der Waals surface area contributed by atoms with Crippen molar-refractivity contribution < 1.29 is 9.47 Å². The first kappa shape index (κ1) is 22.2. The van der Waals surface area contributed by atoms with Crippen LogP contribution in [0.1, 0.15) is 26.3 Å². The van der Waals surface area contributed by atoms with E-state index in [-0.39, 0.29) is 28.7 Å². The number of rotatable bonds is 5. The molecule has 1 N–H and O–H groups in total. The fourth-order valence-corrected chi connectivity index (χ4v) is 3.92. The van der Waals surface area contributed by atoms with Gasteiger partial charge in [0.2, 0.25) is 0 Å². The summed E-state index contributed by atoms with van der Waals surface area (Å²) in [6.45, 7) is 9.91. The van der Waals surface area contributed by atoms with E-state index in [9.17, 15) is 0 Å². The van der Waals surface area contributed by atoms with Crippen molar-refractivity contribution >= 4 is 41.7 Å². The summed E-state index contributed by atoms with van der Waals surface area (Å²) in [5.41, 5.74) is 1.14. The van der Waals surface area contributed by atoms with Crippen molar-refractivity contribution in [1.82, 2.24) is 10.2 Å². The summed E-state index contributed by atoms with van der Waals surface area (Å²) in [5, 5.41) is 3.47. The maximum absolute atomic E-state index is 5.65. The molecule has 1 aliphatic heterocycles. The first-order valence-electron chi connectivity index (χ1n) is 8.38. The summed E-state index contributed by atoms with van der Waals surface area (Å²) >= 11 is 2.02. The molecule has 7 heteroatoms. The number of nitrogens with one attached hydrogen (secondary N) is 1. The molecule has 0 bridgehead atoms. The number of ether oxygens (including phenoxy) is 2. The summed E-state index contributed by atoms with van der Waals surface area (Å²) in [6.07, 6.45) is 0. The zero-order valence-corrected chi connectivity index (χ0v) is 18.9. The van der Waals surface area contributed by atoms with Crippen molar-refractivity contribution in [3.63, 3.8) is 0 Å². The van der Waals surface area contributed by atoms with Gasteiger partial charge in [0.15, 0.2) is 17.5 Å². The molecule has 5 nitrogen and oxygen atoms in total. The molecular weight excluding hydrogens is 449 g/mol. The predicted octanol–water partition coefficient (Wildman–Crippen LogP) is 3.61. The van der Waals surface area contributed by atoms with Crippen molar-refractivity contribution in [3.8, 4) is 11.5 Å². The molecule has 1 aliphatic rings. The zero-order valence-electron chi connectivity index (χ0n) is 15.8. The van der Waals surface area contributed by atoms with Crippen LogP contribution in [0, 0.1) is 0 Å². The molecule has 2 rings (SSSR count). The molecule has 1 aromatic rings. The number of halogens is 1. The standard InChI is InChI=1S/C18H29N3O2S.HI/c1-6-23-16-11-14(7-8-15(16)22-5)12-20-17(19-4)21-9-10-24-18(2,3)13-21;/h7-8,11H,6,9-10,12-13H2,1-5H3,(H,19,20);1H.